The zero-order chi connectivity index (χ0) is 16.6. The Morgan fingerprint density at radius 3 is 2.87 bits per heavy atom. The molecule has 23 heavy (non-hydrogen) atoms. The van der Waals surface area contributed by atoms with Gasteiger partial charge in [-0.2, -0.15) is 5.10 Å². The first kappa shape index (κ1) is 15.6. The highest BCUT2D eigenvalue weighted by molar-refractivity contribution is 6.31. The van der Waals surface area contributed by atoms with Gasteiger partial charge in [0, 0.05) is 16.3 Å². The van der Waals surface area contributed by atoms with Crippen LogP contribution in [0.2, 0.25) is 5.02 Å². The van der Waals surface area contributed by atoms with Crippen molar-refractivity contribution in [2.24, 2.45) is 0 Å². The number of aromatic nitrogens is 4. The normalized spacial score (nSPS) is 12.5. The Morgan fingerprint density at radius 2 is 2.17 bits per heavy atom. The molecular formula is C16H18ClN5O. The first-order chi connectivity index (χ1) is 10.9. The molecule has 1 atom stereocenters. The molecule has 3 N–H and O–H groups in total. The van der Waals surface area contributed by atoms with E-state index in [1.54, 1.807) is 6.07 Å². The number of carbonyl (C=O) groups excluding carboxylic acids is 1. The molecule has 0 saturated heterocycles. The molecule has 0 aliphatic rings. The molecule has 0 bridgehead atoms. The summed E-state index contributed by atoms with van der Waals surface area (Å²) >= 11 is 5.97. The third-order valence-electron chi connectivity index (χ3n) is 3.87. The molecule has 0 aliphatic carbocycles. The van der Waals surface area contributed by atoms with Crippen LogP contribution >= 0.6 is 11.6 Å². The van der Waals surface area contributed by atoms with Gasteiger partial charge in [-0.1, -0.05) is 11.6 Å². The fraction of sp³-hybridized carbons (Fsp3) is 0.312. The van der Waals surface area contributed by atoms with Crippen LogP contribution in [0.5, 0.6) is 0 Å². The number of aromatic amines is 2. The monoisotopic (exact) mass is 331 g/mol. The smallest absolute Gasteiger partial charge is 0.225 e. The highest BCUT2D eigenvalue weighted by Gasteiger charge is 2.16. The SMILES string of the molecule is Cc1n[nH]c(C)c1CC(=O)NC(C)c1nc2ccc(Cl)cc2[nH]1. The molecule has 0 fully saturated rings. The second-order valence-corrected chi connectivity index (χ2v) is 6.10. The van der Waals surface area contributed by atoms with E-state index < -0.39 is 0 Å². The van der Waals surface area contributed by atoms with Gasteiger partial charge in [0.05, 0.1) is 29.2 Å². The number of rotatable bonds is 4. The van der Waals surface area contributed by atoms with Crippen LogP contribution in [0.15, 0.2) is 18.2 Å². The summed E-state index contributed by atoms with van der Waals surface area (Å²) in [5.74, 6) is 0.639. The summed E-state index contributed by atoms with van der Waals surface area (Å²) in [5.41, 5.74) is 4.39. The second-order valence-electron chi connectivity index (χ2n) is 5.66. The molecule has 2 heterocycles. The molecule has 6 nitrogen and oxygen atoms in total. The van der Waals surface area contributed by atoms with Gasteiger partial charge in [0.25, 0.3) is 0 Å². The third kappa shape index (κ3) is 3.22. The highest BCUT2D eigenvalue weighted by atomic mass is 35.5. The number of hydrogen-bond donors (Lipinski definition) is 3. The number of imidazole rings is 1. The standard InChI is InChI=1S/C16H18ClN5O/c1-8-12(9(2)22-21-8)7-15(23)18-10(3)16-19-13-5-4-11(17)6-14(13)20-16/h4-6,10H,7H2,1-3H3,(H,18,23)(H,19,20)(H,21,22). The average molecular weight is 332 g/mol. The second kappa shape index (κ2) is 6.04. The van der Waals surface area contributed by atoms with E-state index in [4.69, 9.17) is 11.6 Å². The molecular weight excluding hydrogens is 314 g/mol. The lowest BCUT2D eigenvalue weighted by atomic mass is 10.1. The number of amides is 1. The van der Waals surface area contributed by atoms with E-state index in [1.165, 1.54) is 0 Å². The quantitative estimate of drug-likeness (QED) is 0.687. The maximum absolute atomic E-state index is 12.3. The van der Waals surface area contributed by atoms with Crippen LogP contribution in [-0.4, -0.2) is 26.1 Å². The van der Waals surface area contributed by atoms with E-state index in [9.17, 15) is 4.79 Å². The molecule has 0 spiro atoms. The molecule has 1 aromatic carbocycles. The minimum atomic E-state index is -0.221. The van der Waals surface area contributed by atoms with Crippen molar-refractivity contribution >= 4 is 28.5 Å². The molecule has 0 saturated carbocycles. The molecule has 0 radical (unpaired) electrons. The van der Waals surface area contributed by atoms with Crippen LogP contribution < -0.4 is 5.32 Å². The fourth-order valence-electron chi connectivity index (χ4n) is 2.56. The number of nitrogens with zero attached hydrogens (tertiary/aromatic N) is 2. The Hall–Kier alpha value is -2.34. The predicted octanol–water partition coefficient (Wildman–Crippen LogP) is 2.98. The van der Waals surface area contributed by atoms with Crippen molar-refractivity contribution in [3.8, 4) is 0 Å². The molecule has 2 aromatic heterocycles. The van der Waals surface area contributed by atoms with Crippen LogP contribution in [-0.2, 0) is 11.2 Å². The van der Waals surface area contributed by atoms with E-state index in [1.807, 2.05) is 32.9 Å². The lowest BCUT2D eigenvalue weighted by molar-refractivity contribution is -0.121. The van der Waals surface area contributed by atoms with Crippen molar-refractivity contribution in [3.05, 3.63) is 46.0 Å². The predicted molar refractivity (Wildman–Crippen MR) is 89.4 cm³/mol. The summed E-state index contributed by atoms with van der Waals surface area (Å²) in [6.45, 7) is 5.69. The van der Waals surface area contributed by atoms with Gasteiger partial charge in [0.15, 0.2) is 0 Å². The van der Waals surface area contributed by atoms with Crippen molar-refractivity contribution in [3.63, 3.8) is 0 Å². The van der Waals surface area contributed by atoms with Gasteiger partial charge in [-0.3, -0.25) is 9.89 Å². The summed E-state index contributed by atoms with van der Waals surface area (Å²) in [6.07, 6.45) is 0.296. The number of fused-ring (bicyclic) bond motifs is 1. The van der Waals surface area contributed by atoms with Crippen LogP contribution in [0.4, 0.5) is 0 Å². The van der Waals surface area contributed by atoms with Crippen molar-refractivity contribution in [1.82, 2.24) is 25.5 Å². The number of carbonyl (C=O) groups is 1. The minimum Gasteiger partial charge on any atom is -0.346 e. The molecule has 120 valence electrons. The number of nitrogens with one attached hydrogen (secondary N) is 3. The lowest BCUT2D eigenvalue weighted by Crippen LogP contribution is -2.29. The molecule has 0 aliphatic heterocycles. The number of hydrogen-bond acceptors (Lipinski definition) is 3. The first-order valence-corrected chi connectivity index (χ1v) is 7.77. The summed E-state index contributed by atoms with van der Waals surface area (Å²) in [7, 11) is 0. The molecule has 3 aromatic rings. The van der Waals surface area contributed by atoms with Gasteiger partial charge in [0.1, 0.15) is 5.82 Å². The van der Waals surface area contributed by atoms with Crippen molar-refractivity contribution in [2.45, 2.75) is 33.2 Å². The van der Waals surface area contributed by atoms with Gasteiger partial charge in [-0.15, -0.1) is 0 Å². The largest absolute Gasteiger partial charge is 0.346 e. The van der Waals surface area contributed by atoms with Crippen molar-refractivity contribution in [1.29, 1.82) is 0 Å². The van der Waals surface area contributed by atoms with Crippen LogP contribution in [0.3, 0.4) is 0 Å². The molecule has 1 amide bonds. The maximum Gasteiger partial charge on any atom is 0.225 e. The first-order valence-electron chi connectivity index (χ1n) is 7.39. The molecule has 3 rings (SSSR count). The Kier molecular flexibility index (Phi) is 4.09. The van der Waals surface area contributed by atoms with E-state index in [0.717, 1.165) is 28.0 Å². The van der Waals surface area contributed by atoms with Gasteiger partial charge >= 0.3 is 0 Å². The number of H-pyrrole nitrogens is 2. The van der Waals surface area contributed by atoms with E-state index in [2.05, 4.69) is 25.5 Å². The highest BCUT2D eigenvalue weighted by Crippen LogP contribution is 2.20. The van der Waals surface area contributed by atoms with Crippen LogP contribution in [0.1, 0.15) is 35.7 Å². The summed E-state index contributed by atoms with van der Waals surface area (Å²) < 4.78 is 0. The van der Waals surface area contributed by atoms with Gasteiger partial charge in [0.2, 0.25) is 5.91 Å². The number of aryl methyl sites for hydroxylation is 2. The van der Waals surface area contributed by atoms with Gasteiger partial charge in [-0.05, 0) is 39.0 Å². The summed E-state index contributed by atoms with van der Waals surface area (Å²) in [5, 5.41) is 10.6. The zero-order valence-electron chi connectivity index (χ0n) is 13.2. The average Bonchev–Trinajstić information content (AvgIpc) is 3.05. The Morgan fingerprint density at radius 1 is 1.39 bits per heavy atom. The number of halogens is 1. The molecule has 1 unspecified atom stereocenters. The van der Waals surface area contributed by atoms with Crippen molar-refractivity contribution < 1.29 is 4.79 Å². The minimum absolute atomic E-state index is 0.0661. The zero-order valence-corrected chi connectivity index (χ0v) is 14.0. The third-order valence-corrected chi connectivity index (χ3v) is 4.10. The summed E-state index contributed by atoms with van der Waals surface area (Å²) in [4.78, 5) is 19.9. The lowest BCUT2D eigenvalue weighted by Gasteiger charge is -2.11. The van der Waals surface area contributed by atoms with Crippen molar-refractivity contribution in [2.75, 3.05) is 0 Å². The summed E-state index contributed by atoms with van der Waals surface area (Å²) in [6, 6.07) is 5.24. The Bertz CT molecular complexity index is 847. The number of benzene rings is 1. The Labute approximate surface area is 138 Å². The van der Waals surface area contributed by atoms with E-state index in [0.29, 0.717) is 17.3 Å². The van der Waals surface area contributed by atoms with Gasteiger partial charge in [-0.25, -0.2) is 4.98 Å². The van der Waals surface area contributed by atoms with E-state index in [-0.39, 0.29) is 11.9 Å². The fourth-order valence-corrected chi connectivity index (χ4v) is 2.73. The maximum atomic E-state index is 12.3. The van der Waals surface area contributed by atoms with Crippen LogP contribution in [0, 0.1) is 13.8 Å². The Balaban J connectivity index is 1.72. The van der Waals surface area contributed by atoms with E-state index >= 15 is 0 Å². The van der Waals surface area contributed by atoms with Crippen LogP contribution in [0.25, 0.3) is 11.0 Å². The topological polar surface area (TPSA) is 86.5 Å². The van der Waals surface area contributed by atoms with Gasteiger partial charge < -0.3 is 10.3 Å². The molecule has 7 heteroatoms.